The van der Waals surface area contributed by atoms with Crippen LogP contribution < -0.4 is 5.32 Å². The average molecular weight is 546 g/mol. The number of phosphoric acid groups is 2. The molecule has 3 heterocycles. The number of hydrogen-bond acceptors (Lipinski definition) is 14. The first-order valence-corrected chi connectivity index (χ1v) is 13.2. The van der Waals surface area contributed by atoms with Gasteiger partial charge in [-0.25, -0.2) is 9.13 Å². The van der Waals surface area contributed by atoms with Gasteiger partial charge in [0, 0.05) is 25.8 Å². The van der Waals surface area contributed by atoms with Crippen LogP contribution in [-0.4, -0.2) is 99.0 Å². The Morgan fingerprint density at radius 2 is 1.89 bits per heavy atom. The molecule has 0 aliphatic carbocycles. The molecule has 0 radical (unpaired) electrons. The molecule has 200 valence electrons. The summed E-state index contributed by atoms with van der Waals surface area (Å²) in [6, 6.07) is 0. The lowest BCUT2D eigenvalue weighted by Crippen LogP contribution is -2.48. The number of hydrogen-bond donors (Lipinski definition) is 6. The lowest BCUT2D eigenvalue weighted by molar-refractivity contribution is -0.236. The highest BCUT2D eigenvalue weighted by Gasteiger charge is 2.49. The van der Waals surface area contributed by atoms with Gasteiger partial charge in [-0.2, -0.15) is 4.31 Å². The maximum absolute atomic E-state index is 12.7. The van der Waals surface area contributed by atoms with Crippen LogP contribution in [0.25, 0.3) is 0 Å². The van der Waals surface area contributed by atoms with Crippen LogP contribution in [0.2, 0.25) is 0 Å². The van der Waals surface area contributed by atoms with Crippen LogP contribution in [0.4, 0.5) is 0 Å². The van der Waals surface area contributed by atoms with Gasteiger partial charge >= 0.3 is 15.6 Å². The molecule has 0 aromatic carbocycles. The summed E-state index contributed by atoms with van der Waals surface area (Å²) in [5.74, 6) is -0.409. The smallest absolute Gasteiger partial charge is 0.390 e. The van der Waals surface area contributed by atoms with E-state index < -0.39 is 77.3 Å². The highest BCUT2D eigenvalue weighted by Crippen LogP contribution is 2.64. The number of nitrogens with zero attached hydrogens (tertiary/aromatic N) is 1. The number of carbonyl (C=O) groups excluding carboxylic acids is 1. The fourth-order valence-corrected chi connectivity index (χ4v) is 5.95. The number of aliphatic hydroxyl groups is 4. The number of rotatable bonds is 9. The van der Waals surface area contributed by atoms with Crippen LogP contribution in [0.15, 0.2) is 24.7 Å². The Labute approximate surface area is 199 Å². The van der Waals surface area contributed by atoms with E-state index >= 15 is 0 Å². The molecule has 35 heavy (non-hydrogen) atoms. The predicted octanol–water partition coefficient (Wildman–Crippen LogP) is -1.39. The Balaban J connectivity index is 1.60. The summed E-state index contributed by atoms with van der Waals surface area (Å²) in [7, 11) is -9.25. The maximum Gasteiger partial charge on any atom is 0.485 e. The third kappa shape index (κ3) is 6.76. The number of amides is 1. The summed E-state index contributed by atoms with van der Waals surface area (Å²) in [5, 5.41) is 42.7. The summed E-state index contributed by atoms with van der Waals surface area (Å²) >= 11 is 0. The fourth-order valence-electron chi connectivity index (χ4n) is 3.48. The van der Waals surface area contributed by atoms with Crippen molar-refractivity contribution in [3.8, 4) is 0 Å². The van der Waals surface area contributed by atoms with Crippen molar-refractivity contribution >= 4 is 21.6 Å². The van der Waals surface area contributed by atoms with E-state index in [1.165, 1.54) is 11.1 Å². The van der Waals surface area contributed by atoms with Gasteiger partial charge in [0.1, 0.15) is 30.2 Å². The maximum atomic E-state index is 12.7. The van der Waals surface area contributed by atoms with E-state index in [1.54, 1.807) is 6.92 Å². The molecule has 18 heteroatoms. The molecule has 2 fully saturated rings. The minimum Gasteiger partial charge on any atom is -0.390 e. The first-order valence-electron chi connectivity index (χ1n) is 10.3. The first kappa shape index (κ1) is 28.3. The van der Waals surface area contributed by atoms with E-state index in [9.17, 15) is 39.2 Å². The molecule has 6 N–H and O–H groups in total. The molecular formula is C17H28N2O14P2. The van der Waals surface area contributed by atoms with Gasteiger partial charge in [-0.3, -0.25) is 18.4 Å². The summed E-state index contributed by atoms with van der Waals surface area (Å²) in [5.41, 5.74) is 0. The zero-order valence-electron chi connectivity index (χ0n) is 18.6. The van der Waals surface area contributed by atoms with Gasteiger partial charge in [-0.05, 0) is 6.92 Å². The van der Waals surface area contributed by atoms with Crippen molar-refractivity contribution in [3.63, 3.8) is 0 Å². The van der Waals surface area contributed by atoms with E-state index in [1.807, 2.05) is 0 Å². The summed E-state index contributed by atoms with van der Waals surface area (Å²) in [6.07, 6.45) is -8.53. The standard InChI is InChI=1S/C17H28N2O14P2/c1-8-6-10(20)13(22)17(30-8)32-35(27,28-3)33-34(25,26)29-7-11-14(23)15(24)16(31-11)19-5-4-12(21)18-9(19)2/h4-5,8,10-11,13-17,20,22-24H,2,6-7H2,1,3H3,(H,18,21)(H,25,26)/t8?,10-,11+,13?,14?,15-,16+,17-,35?/m0/s1. The zero-order chi connectivity index (χ0) is 26.1. The van der Waals surface area contributed by atoms with Crippen molar-refractivity contribution in [2.45, 2.75) is 62.5 Å². The molecule has 3 aliphatic heterocycles. The number of ether oxygens (including phenoxy) is 2. The second-order valence-electron chi connectivity index (χ2n) is 7.90. The Hall–Kier alpha value is -1.23. The lowest BCUT2D eigenvalue weighted by atomic mass is 10.0. The molecule has 3 aliphatic rings. The van der Waals surface area contributed by atoms with Crippen molar-refractivity contribution in [1.29, 1.82) is 0 Å². The second-order valence-corrected chi connectivity index (χ2v) is 11.2. The van der Waals surface area contributed by atoms with Crippen molar-refractivity contribution in [2.24, 2.45) is 0 Å². The van der Waals surface area contributed by atoms with Gasteiger partial charge in [0.25, 0.3) is 5.91 Å². The highest BCUT2D eigenvalue weighted by atomic mass is 31.3. The number of carbonyl (C=O) groups is 1. The van der Waals surface area contributed by atoms with Gasteiger partial charge in [0.2, 0.25) is 0 Å². The molecule has 3 rings (SSSR count). The van der Waals surface area contributed by atoms with Crippen molar-refractivity contribution in [1.82, 2.24) is 10.2 Å². The zero-order valence-corrected chi connectivity index (χ0v) is 20.4. The minimum absolute atomic E-state index is 0.0521. The van der Waals surface area contributed by atoms with Gasteiger partial charge < -0.3 is 45.0 Å². The second kappa shape index (κ2) is 11.0. The fraction of sp³-hybridized carbons (Fsp3) is 0.706. The van der Waals surface area contributed by atoms with E-state index in [-0.39, 0.29) is 12.2 Å². The van der Waals surface area contributed by atoms with E-state index in [2.05, 4.69) is 20.7 Å². The molecule has 0 saturated carbocycles. The van der Waals surface area contributed by atoms with Crippen molar-refractivity contribution in [3.05, 3.63) is 24.7 Å². The number of aliphatic hydroxyl groups excluding tert-OH is 4. The molecule has 0 spiro atoms. The van der Waals surface area contributed by atoms with Crippen LogP contribution in [0.1, 0.15) is 13.3 Å². The van der Waals surface area contributed by atoms with Crippen LogP contribution in [0.5, 0.6) is 0 Å². The van der Waals surface area contributed by atoms with Crippen molar-refractivity contribution < 1.29 is 66.6 Å². The van der Waals surface area contributed by atoms with Crippen LogP contribution in [0, 0.1) is 0 Å². The van der Waals surface area contributed by atoms with Gasteiger partial charge in [-0.1, -0.05) is 6.58 Å². The summed E-state index contributed by atoms with van der Waals surface area (Å²) in [6.45, 7) is 4.33. The number of phosphoric ester groups is 2. The molecule has 1 amide bonds. The quantitative estimate of drug-likeness (QED) is 0.183. The first-order chi connectivity index (χ1) is 16.2. The van der Waals surface area contributed by atoms with Gasteiger partial charge in [-0.15, -0.1) is 0 Å². The van der Waals surface area contributed by atoms with Crippen molar-refractivity contribution in [2.75, 3.05) is 13.7 Å². The van der Waals surface area contributed by atoms with Crippen LogP contribution >= 0.6 is 15.6 Å². The normalized spacial score (nSPS) is 39.2. The molecule has 0 aromatic rings. The molecule has 0 bridgehead atoms. The summed E-state index contributed by atoms with van der Waals surface area (Å²) in [4.78, 5) is 22.6. The number of nitrogens with one attached hydrogen (secondary N) is 1. The lowest BCUT2D eigenvalue weighted by Gasteiger charge is -2.36. The molecule has 5 unspecified atom stereocenters. The third-order valence-corrected chi connectivity index (χ3v) is 8.27. The SMILES string of the molecule is C=C1NC(=O)C=CN1[C@@H]1O[C@H](COP(=O)(O)OP(=O)(OC)O[C@@H]2OC(C)C[C@H](O)C2O)C(O)[C@@H]1O. The Bertz CT molecular complexity index is 932. The third-order valence-electron chi connectivity index (χ3n) is 5.25. The molecule has 16 nitrogen and oxygen atoms in total. The molecule has 0 aromatic heterocycles. The van der Waals surface area contributed by atoms with Crippen LogP contribution in [-0.2, 0) is 41.3 Å². The average Bonchev–Trinajstić information content (AvgIpc) is 3.04. The molecule has 10 atom stereocenters. The molecular weight excluding hydrogens is 518 g/mol. The highest BCUT2D eigenvalue weighted by molar-refractivity contribution is 7.61. The Kier molecular flexibility index (Phi) is 8.93. The van der Waals surface area contributed by atoms with Gasteiger partial charge in [0.15, 0.2) is 12.5 Å². The molecule has 2 saturated heterocycles. The predicted molar refractivity (Wildman–Crippen MR) is 112 cm³/mol. The van der Waals surface area contributed by atoms with E-state index in [0.717, 1.165) is 13.2 Å². The minimum atomic E-state index is -5.21. The monoisotopic (exact) mass is 546 g/mol. The largest absolute Gasteiger partial charge is 0.485 e. The van der Waals surface area contributed by atoms with Gasteiger partial charge in [0.05, 0.1) is 18.8 Å². The Morgan fingerprint density at radius 1 is 1.20 bits per heavy atom. The van der Waals surface area contributed by atoms with Crippen LogP contribution in [0.3, 0.4) is 0 Å². The van der Waals surface area contributed by atoms with E-state index in [4.69, 9.17) is 18.5 Å². The van der Waals surface area contributed by atoms with E-state index in [0.29, 0.717) is 0 Å². The Morgan fingerprint density at radius 3 is 2.51 bits per heavy atom. The summed E-state index contributed by atoms with van der Waals surface area (Å²) < 4.78 is 54.6. The topological polar surface area (TPSA) is 223 Å².